The highest BCUT2D eigenvalue weighted by atomic mass is 16.5. The Hall–Kier alpha value is -6.80. The SMILES string of the molecule is CCO.Cc1cc(-c2ccc(CC(C)C)cc2)ccc1C(=O)NCC(=O)N(C)C1C(=O)NCC(=O)NC(C(=O)NCC#N)Cc2ccc(OCCN)c(c2)-c2cc1ccc2OCCN. The molecule has 1 aliphatic rings. The smallest absolute Gasteiger partial charge is 0.251 e. The van der Waals surface area contributed by atoms with Gasteiger partial charge in [0.15, 0.2) is 0 Å². The summed E-state index contributed by atoms with van der Waals surface area (Å²) in [6.45, 7) is 7.62. The van der Waals surface area contributed by atoms with Gasteiger partial charge in [0.25, 0.3) is 5.91 Å². The number of benzene rings is 4. The van der Waals surface area contributed by atoms with Crippen molar-refractivity contribution in [2.75, 3.05) is 59.6 Å². The van der Waals surface area contributed by atoms with Crippen LogP contribution in [0, 0.1) is 24.2 Å². The molecule has 1 heterocycles. The minimum Gasteiger partial charge on any atom is -0.492 e. The molecule has 0 aliphatic carbocycles. The molecule has 64 heavy (non-hydrogen) atoms. The molecular weight excluding hydrogens is 817 g/mol. The highest BCUT2D eigenvalue weighted by molar-refractivity contribution is 5.99. The zero-order chi connectivity index (χ0) is 46.8. The number of likely N-dealkylation sites (N-methyl/N-ethyl adjacent to an activating group) is 1. The van der Waals surface area contributed by atoms with Gasteiger partial charge >= 0.3 is 0 Å². The van der Waals surface area contributed by atoms with E-state index in [1.54, 1.807) is 49.4 Å². The van der Waals surface area contributed by atoms with Crippen molar-refractivity contribution in [3.63, 3.8) is 0 Å². The zero-order valence-corrected chi connectivity index (χ0v) is 37.2. The van der Waals surface area contributed by atoms with Crippen LogP contribution in [0.2, 0.25) is 0 Å². The van der Waals surface area contributed by atoms with Crippen LogP contribution in [0.1, 0.15) is 59.4 Å². The molecule has 0 aromatic heterocycles. The number of hydrogen-bond donors (Lipinski definition) is 7. The Morgan fingerprint density at radius 1 is 0.906 bits per heavy atom. The van der Waals surface area contributed by atoms with Crippen molar-refractivity contribution in [3.8, 4) is 39.8 Å². The molecule has 0 fully saturated rings. The van der Waals surface area contributed by atoms with Gasteiger partial charge in [0, 0.05) is 49.9 Å². The van der Waals surface area contributed by atoms with E-state index >= 15 is 0 Å². The van der Waals surface area contributed by atoms with E-state index in [0.29, 0.717) is 45.2 Å². The normalized spacial score (nSPS) is 14.6. The Balaban J connectivity index is 0.00000291. The third-order valence-electron chi connectivity index (χ3n) is 10.1. The fraction of sp³-hybridized carbons (Fsp3) is 0.375. The lowest BCUT2D eigenvalue weighted by atomic mass is 9.93. The predicted molar refractivity (Wildman–Crippen MR) is 244 cm³/mol. The maximum atomic E-state index is 14.1. The number of rotatable bonds is 15. The molecule has 5 amide bonds. The second-order valence-corrected chi connectivity index (χ2v) is 15.5. The van der Waals surface area contributed by atoms with Crippen LogP contribution >= 0.6 is 0 Å². The summed E-state index contributed by atoms with van der Waals surface area (Å²) in [6, 6.07) is 23.5. The number of aliphatic hydroxyl groups is 1. The second kappa shape index (κ2) is 24.7. The summed E-state index contributed by atoms with van der Waals surface area (Å²) >= 11 is 0. The first-order valence-electron chi connectivity index (χ1n) is 21.2. The summed E-state index contributed by atoms with van der Waals surface area (Å²) in [5, 5.41) is 27.1. The lowest BCUT2D eigenvalue weighted by Crippen LogP contribution is -2.52. The summed E-state index contributed by atoms with van der Waals surface area (Å²) < 4.78 is 12.1. The molecule has 0 spiro atoms. The maximum absolute atomic E-state index is 14.1. The highest BCUT2D eigenvalue weighted by Gasteiger charge is 2.32. The number of carbonyl (C=O) groups is 5. The zero-order valence-electron chi connectivity index (χ0n) is 37.2. The molecule has 0 radical (unpaired) electrons. The lowest BCUT2D eigenvalue weighted by Gasteiger charge is -2.29. The monoisotopic (exact) mass is 876 g/mol. The van der Waals surface area contributed by atoms with E-state index in [-0.39, 0.29) is 45.9 Å². The molecule has 4 bridgehead atoms. The molecular formula is C48H60N8O8. The van der Waals surface area contributed by atoms with Gasteiger partial charge in [-0.25, -0.2) is 0 Å². The van der Waals surface area contributed by atoms with Gasteiger partial charge in [0.05, 0.1) is 19.2 Å². The summed E-state index contributed by atoms with van der Waals surface area (Å²) in [5.41, 5.74) is 17.9. The number of nitrogens with one attached hydrogen (secondary N) is 4. The topological polar surface area (TPSA) is 251 Å². The number of hydrogen-bond acceptors (Lipinski definition) is 11. The molecule has 5 rings (SSSR count). The molecule has 2 unspecified atom stereocenters. The van der Waals surface area contributed by atoms with Crippen LogP contribution in [0.25, 0.3) is 22.3 Å². The van der Waals surface area contributed by atoms with Crippen molar-refractivity contribution in [1.29, 1.82) is 5.26 Å². The van der Waals surface area contributed by atoms with Crippen molar-refractivity contribution in [3.05, 3.63) is 107 Å². The fourth-order valence-corrected chi connectivity index (χ4v) is 7.11. The van der Waals surface area contributed by atoms with Crippen molar-refractivity contribution in [1.82, 2.24) is 26.2 Å². The maximum Gasteiger partial charge on any atom is 0.251 e. The predicted octanol–water partition coefficient (Wildman–Crippen LogP) is 2.93. The number of fused-ring (bicyclic) bond motifs is 5. The van der Waals surface area contributed by atoms with E-state index in [9.17, 15) is 24.0 Å². The van der Waals surface area contributed by atoms with Crippen LogP contribution in [0.4, 0.5) is 0 Å². The van der Waals surface area contributed by atoms with E-state index < -0.39 is 54.7 Å². The number of nitriles is 1. The van der Waals surface area contributed by atoms with Gasteiger partial charge in [0.1, 0.15) is 43.3 Å². The van der Waals surface area contributed by atoms with Gasteiger partial charge in [-0.15, -0.1) is 0 Å². The first kappa shape index (κ1) is 49.9. The van der Waals surface area contributed by atoms with Crippen LogP contribution < -0.4 is 42.2 Å². The number of aryl methyl sites for hydroxylation is 1. The van der Waals surface area contributed by atoms with Gasteiger partial charge in [-0.05, 0) is 89.9 Å². The average Bonchev–Trinajstić information content (AvgIpc) is 3.28. The molecule has 9 N–H and O–H groups in total. The van der Waals surface area contributed by atoms with Gasteiger partial charge in [-0.1, -0.05) is 62.4 Å². The number of carbonyl (C=O) groups excluding carboxylic acids is 5. The molecule has 1 aliphatic heterocycles. The van der Waals surface area contributed by atoms with Crippen LogP contribution in [-0.4, -0.2) is 105 Å². The largest absolute Gasteiger partial charge is 0.492 e. The Morgan fingerprint density at radius 2 is 1.53 bits per heavy atom. The molecule has 16 nitrogen and oxygen atoms in total. The van der Waals surface area contributed by atoms with E-state index in [0.717, 1.165) is 23.1 Å². The number of amides is 5. The van der Waals surface area contributed by atoms with Crippen LogP contribution in [0.5, 0.6) is 11.5 Å². The molecule has 16 heteroatoms. The van der Waals surface area contributed by atoms with Gasteiger partial charge in [-0.3, -0.25) is 24.0 Å². The van der Waals surface area contributed by atoms with Crippen LogP contribution in [0.15, 0.2) is 78.9 Å². The standard InChI is InChI=1S/C46H54N8O7.C2H6O/c1-28(2)21-30-5-8-32(9-6-30)33-10-12-35(29(3)22-33)44(57)52-27-42(56)54(4)43-34-11-14-40(61-20-17-49)37(25-34)36-23-31(7-13-39(36)60-19-16-48)24-38(45(58)50-18-15-47)53-41(55)26-51-46(43)59;1-2-3/h5-14,22-23,25,28,38,43H,16-21,24,26-27,48-49H2,1-4H3,(H,50,58)(H,51,59)(H,52,57)(H,53,55);3H,2H2,1H3. The number of ether oxygens (including phenoxy) is 2. The molecule has 4 aromatic rings. The third-order valence-corrected chi connectivity index (χ3v) is 10.1. The Labute approximate surface area is 374 Å². The Bertz CT molecular complexity index is 2290. The highest BCUT2D eigenvalue weighted by Crippen LogP contribution is 2.40. The summed E-state index contributed by atoms with van der Waals surface area (Å²) in [7, 11) is 1.43. The van der Waals surface area contributed by atoms with E-state index in [4.69, 9.17) is 31.3 Å². The van der Waals surface area contributed by atoms with Gasteiger partial charge in [0.2, 0.25) is 23.6 Å². The summed E-state index contributed by atoms with van der Waals surface area (Å²) in [5.74, 6) is -1.69. The first-order chi connectivity index (χ1) is 30.7. The molecule has 4 aromatic carbocycles. The molecule has 2 atom stereocenters. The van der Waals surface area contributed by atoms with E-state index in [1.165, 1.54) is 17.5 Å². The quantitative estimate of drug-likeness (QED) is 0.0856. The summed E-state index contributed by atoms with van der Waals surface area (Å²) in [4.78, 5) is 69.1. The fourth-order valence-electron chi connectivity index (χ4n) is 7.11. The average molecular weight is 877 g/mol. The minimum absolute atomic E-state index is 0.0292. The van der Waals surface area contributed by atoms with Crippen LogP contribution in [-0.2, 0) is 32.0 Å². The molecule has 0 saturated carbocycles. The first-order valence-corrected chi connectivity index (χ1v) is 21.2. The minimum atomic E-state index is -1.30. The second-order valence-electron chi connectivity index (χ2n) is 15.5. The van der Waals surface area contributed by atoms with E-state index in [2.05, 4.69) is 59.4 Å². The van der Waals surface area contributed by atoms with Gasteiger partial charge < -0.3 is 52.2 Å². The number of aliphatic hydroxyl groups excluding tert-OH is 1. The Kier molecular flexibility index (Phi) is 19.3. The van der Waals surface area contributed by atoms with Crippen molar-refractivity contribution in [2.24, 2.45) is 17.4 Å². The number of nitrogens with two attached hydrogens (primary N) is 2. The van der Waals surface area contributed by atoms with Crippen molar-refractivity contribution in [2.45, 2.75) is 52.6 Å². The summed E-state index contributed by atoms with van der Waals surface area (Å²) in [6.07, 6.45) is 1.02. The lowest BCUT2D eigenvalue weighted by molar-refractivity contribution is -0.139. The van der Waals surface area contributed by atoms with E-state index in [1.807, 2.05) is 25.1 Å². The molecule has 0 saturated heterocycles. The van der Waals surface area contributed by atoms with Crippen LogP contribution in [0.3, 0.4) is 0 Å². The Morgan fingerprint density at radius 3 is 2.14 bits per heavy atom. The number of nitrogens with zero attached hydrogens (tertiary/aromatic N) is 2. The van der Waals surface area contributed by atoms with Crippen molar-refractivity contribution >= 4 is 29.5 Å². The third kappa shape index (κ3) is 13.9. The van der Waals surface area contributed by atoms with Crippen molar-refractivity contribution < 1.29 is 38.6 Å². The molecule has 340 valence electrons. The van der Waals surface area contributed by atoms with Gasteiger partial charge in [-0.2, -0.15) is 5.26 Å².